The molecule has 13 heteroatoms. The van der Waals surface area contributed by atoms with E-state index in [0.29, 0.717) is 45.9 Å². The first-order valence-electron chi connectivity index (χ1n) is 12.8. The summed E-state index contributed by atoms with van der Waals surface area (Å²) in [7, 11) is 3.39. The van der Waals surface area contributed by atoms with Crippen LogP contribution in [-0.4, -0.2) is 59.5 Å². The second kappa shape index (κ2) is 15.1. The van der Waals surface area contributed by atoms with E-state index in [9.17, 15) is 22.8 Å². The Balaban J connectivity index is 0.000000533. The van der Waals surface area contributed by atoms with Crippen LogP contribution in [0.15, 0.2) is 41.4 Å². The summed E-state index contributed by atoms with van der Waals surface area (Å²) in [5, 5.41) is 3.20. The largest absolute Gasteiger partial charge is 0.417 e. The highest BCUT2D eigenvalue weighted by Gasteiger charge is 2.33. The first-order valence-corrected chi connectivity index (χ1v) is 13.8. The summed E-state index contributed by atoms with van der Waals surface area (Å²) in [4.78, 5) is 31.3. The molecule has 0 radical (unpaired) electrons. The van der Waals surface area contributed by atoms with Crippen molar-refractivity contribution in [3.8, 4) is 11.4 Å². The number of nitrogens with zero attached hydrogens (tertiary/aromatic N) is 3. The second-order valence-electron chi connectivity index (χ2n) is 9.56. The molecule has 0 bridgehead atoms. The molecule has 1 N–H and O–H groups in total. The van der Waals surface area contributed by atoms with Crippen LogP contribution in [0.1, 0.15) is 40.2 Å². The lowest BCUT2D eigenvalue weighted by molar-refractivity contribution is -0.137. The van der Waals surface area contributed by atoms with Crippen molar-refractivity contribution in [1.29, 1.82) is 0 Å². The lowest BCUT2D eigenvalue weighted by atomic mass is 10.1. The van der Waals surface area contributed by atoms with E-state index in [-0.39, 0.29) is 34.4 Å². The van der Waals surface area contributed by atoms with Crippen LogP contribution in [-0.2, 0) is 25.2 Å². The molecule has 0 saturated carbocycles. The predicted molar refractivity (Wildman–Crippen MR) is 158 cm³/mol. The number of carbonyl (C=O) groups is 2. The summed E-state index contributed by atoms with van der Waals surface area (Å²) < 4.78 is 65.1. The van der Waals surface area contributed by atoms with Gasteiger partial charge in [-0.15, -0.1) is 11.8 Å². The number of alkyl halides is 3. The van der Waals surface area contributed by atoms with E-state index in [0.717, 1.165) is 11.2 Å². The molecule has 0 aliphatic carbocycles. The maximum Gasteiger partial charge on any atom is 0.417 e. The Kier molecular flexibility index (Phi) is 12.4. The van der Waals surface area contributed by atoms with Gasteiger partial charge >= 0.3 is 6.18 Å². The molecule has 0 fully saturated rings. The molecule has 3 aromatic heterocycles. The van der Waals surface area contributed by atoms with Crippen molar-refractivity contribution in [2.45, 2.75) is 51.3 Å². The summed E-state index contributed by atoms with van der Waals surface area (Å²) in [5.74, 6) is -0.350. The third-order valence-corrected chi connectivity index (χ3v) is 6.56. The van der Waals surface area contributed by atoms with Gasteiger partial charge in [0.05, 0.1) is 22.2 Å². The number of pyridine rings is 2. The van der Waals surface area contributed by atoms with Crippen molar-refractivity contribution in [2.24, 2.45) is 0 Å². The lowest BCUT2D eigenvalue weighted by Crippen LogP contribution is -2.15. The highest BCUT2D eigenvalue weighted by atomic mass is 32.2. The smallest absolute Gasteiger partial charge is 0.385 e. The molecule has 0 aliphatic rings. The SMILES string of the molecule is CCOC.CCSc1cc2ccc(NC=O)cc2nc1-c1c(F)c2ncc(C(F)(F)F)cc2n1C=O.COC(C)(C)C. The fraction of sp³-hybridized carbons (Fsp3) is 0.379. The minimum Gasteiger partial charge on any atom is -0.385 e. The number of hydrogen-bond acceptors (Lipinski definition) is 7. The van der Waals surface area contributed by atoms with E-state index in [1.807, 2.05) is 34.6 Å². The highest BCUT2D eigenvalue weighted by Crippen LogP contribution is 2.39. The second-order valence-corrected chi connectivity index (χ2v) is 10.9. The maximum atomic E-state index is 15.4. The molecule has 0 aliphatic heterocycles. The van der Waals surface area contributed by atoms with Crippen LogP contribution < -0.4 is 5.32 Å². The first-order chi connectivity index (χ1) is 19.8. The maximum absolute atomic E-state index is 15.4. The van der Waals surface area contributed by atoms with Crippen LogP contribution >= 0.6 is 11.8 Å². The Morgan fingerprint density at radius 2 is 1.71 bits per heavy atom. The third-order valence-electron chi connectivity index (χ3n) is 5.65. The van der Waals surface area contributed by atoms with Crippen LogP contribution in [0.4, 0.5) is 23.2 Å². The zero-order valence-corrected chi connectivity index (χ0v) is 25.2. The Hall–Kier alpha value is -3.55. The van der Waals surface area contributed by atoms with Crippen LogP contribution in [0.2, 0.25) is 0 Å². The number of fused-ring (bicyclic) bond motifs is 2. The molecule has 0 spiro atoms. The average molecular weight is 611 g/mol. The molecule has 1 aromatic carbocycles. The number of methoxy groups -OCH3 is 2. The monoisotopic (exact) mass is 610 g/mol. The molecular weight excluding hydrogens is 576 g/mol. The Labute approximate surface area is 245 Å². The Bertz CT molecular complexity index is 1520. The number of carbonyl (C=O) groups excluding carboxylic acids is 2. The van der Waals surface area contributed by atoms with Gasteiger partial charge in [-0.3, -0.25) is 19.1 Å². The molecule has 4 aromatic rings. The number of anilines is 1. The highest BCUT2D eigenvalue weighted by molar-refractivity contribution is 7.99. The molecule has 42 heavy (non-hydrogen) atoms. The lowest BCUT2D eigenvalue weighted by Gasteiger charge is -2.14. The standard InChI is InChI=1S/C21H14F4N4O2S.C5H12O.C3H8O/c1-2-32-16-5-11-3-4-13(27-9-30)7-14(11)28-19(16)20-17(22)18-15(29(20)10-31)6-12(8-26-18)21(23,24)25;1-5(2,3)6-4;1-3-4-2/h3-10H,2H2,1H3,(H,27,30);1-4H3;3H2,1-2H3. The molecule has 0 atom stereocenters. The third kappa shape index (κ3) is 8.73. The number of benzene rings is 1. The van der Waals surface area contributed by atoms with Gasteiger partial charge in [0, 0.05) is 43.0 Å². The Morgan fingerprint density at radius 1 is 1.07 bits per heavy atom. The molecule has 0 unspecified atom stereocenters. The van der Waals surface area contributed by atoms with Gasteiger partial charge in [-0.05, 0) is 57.7 Å². The van der Waals surface area contributed by atoms with Gasteiger partial charge in [-0.2, -0.15) is 13.2 Å². The van der Waals surface area contributed by atoms with Gasteiger partial charge in [-0.1, -0.05) is 13.0 Å². The van der Waals surface area contributed by atoms with Gasteiger partial charge in [-0.25, -0.2) is 9.37 Å². The number of rotatable bonds is 7. The number of hydrogen-bond donors (Lipinski definition) is 1. The van der Waals surface area contributed by atoms with Crippen molar-refractivity contribution in [1.82, 2.24) is 14.5 Å². The summed E-state index contributed by atoms with van der Waals surface area (Å²) in [6.45, 7) is 10.7. The van der Waals surface area contributed by atoms with Gasteiger partial charge in [0.1, 0.15) is 16.9 Å². The van der Waals surface area contributed by atoms with Crippen LogP contribution in [0.3, 0.4) is 0 Å². The van der Waals surface area contributed by atoms with E-state index in [4.69, 9.17) is 4.74 Å². The summed E-state index contributed by atoms with van der Waals surface area (Å²) >= 11 is 1.34. The van der Waals surface area contributed by atoms with Gasteiger partial charge in [0.2, 0.25) is 12.8 Å². The first kappa shape index (κ1) is 34.7. The minimum absolute atomic E-state index is 0.0417. The summed E-state index contributed by atoms with van der Waals surface area (Å²) in [5.41, 5.74) is -1.08. The summed E-state index contributed by atoms with van der Waals surface area (Å²) in [6.07, 6.45) is -3.45. The van der Waals surface area contributed by atoms with Crippen molar-refractivity contribution >= 4 is 52.2 Å². The van der Waals surface area contributed by atoms with Gasteiger partial charge < -0.3 is 14.8 Å². The van der Waals surface area contributed by atoms with E-state index >= 15 is 4.39 Å². The predicted octanol–water partition coefficient (Wildman–Crippen LogP) is 7.21. The molecule has 1 amide bonds. The minimum atomic E-state index is -4.71. The van der Waals surface area contributed by atoms with Crippen molar-refractivity contribution < 1.29 is 36.6 Å². The molecule has 0 saturated heterocycles. The van der Waals surface area contributed by atoms with Crippen molar-refractivity contribution in [3.05, 3.63) is 47.9 Å². The van der Waals surface area contributed by atoms with Gasteiger partial charge in [0.25, 0.3) is 0 Å². The number of halogens is 4. The number of amides is 1. The number of thioether (sulfide) groups is 1. The number of ether oxygens (including phenoxy) is 2. The average Bonchev–Trinajstić information content (AvgIpc) is 3.23. The molecule has 228 valence electrons. The number of aromatic nitrogens is 3. The molecule has 4 rings (SSSR count). The van der Waals surface area contributed by atoms with Crippen LogP contribution in [0.25, 0.3) is 33.3 Å². The Morgan fingerprint density at radius 3 is 2.21 bits per heavy atom. The fourth-order valence-electron chi connectivity index (χ4n) is 3.37. The zero-order valence-electron chi connectivity index (χ0n) is 24.4. The quantitative estimate of drug-likeness (QED) is 0.134. The van der Waals surface area contributed by atoms with Crippen molar-refractivity contribution in [3.63, 3.8) is 0 Å². The van der Waals surface area contributed by atoms with E-state index in [1.165, 1.54) is 11.8 Å². The van der Waals surface area contributed by atoms with Crippen LogP contribution in [0, 0.1) is 5.82 Å². The molecule has 8 nitrogen and oxygen atoms in total. The number of nitrogens with one attached hydrogen (secondary N) is 1. The van der Waals surface area contributed by atoms with Crippen molar-refractivity contribution in [2.75, 3.05) is 31.9 Å². The normalized spacial score (nSPS) is 11.4. The summed E-state index contributed by atoms with van der Waals surface area (Å²) in [6, 6.07) is 7.39. The molecule has 3 heterocycles. The van der Waals surface area contributed by atoms with E-state index < -0.39 is 17.6 Å². The van der Waals surface area contributed by atoms with E-state index in [1.54, 1.807) is 38.5 Å². The van der Waals surface area contributed by atoms with Gasteiger partial charge in [0.15, 0.2) is 5.82 Å². The fourth-order valence-corrected chi connectivity index (χ4v) is 4.17. The topological polar surface area (TPSA) is 95.3 Å². The van der Waals surface area contributed by atoms with E-state index in [2.05, 4.69) is 20.0 Å². The molecular formula is C29H34F4N4O4S. The zero-order chi connectivity index (χ0) is 31.7. The van der Waals surface area contributed by atoms with Crippen LogP contribution in [0.5, 0.6) is 0 Å².